The molecule has 6 heteroatoms. The summed E-state index contributed by atoms with van der Waals surface area (Å²) in [6.45, 7) is 0. The number of benzene rings is 1. The van der Waals surface area contributed by atoms with Crippen LogP contribution in [0.3, 0.4) is 0 Å². The topological polar surface area (TPSA) is 76.0 Å². The summed E-state index contributed by atoms with van der Waals surface area (Å²) in [6, 6.07) is 6.72. The standard InChI is InChI=1S/C7H7N3O3/c11-7(12)9-8-5-3-1-2-4-6(5)10(9)13/h1-4,8,13H,(H,11,12). The number of fused-ring (bicyclic) bond motifs is 1. The summed E-state index contributed by atoms with van der Waals surface area (Å²) in [7, 11) is 0. The van der Waals surface area contributed by atoms with Crippen LogP contribution in [0.25, 0.3) is 0 Å². The number of rotatable bonds is 0. The van der Waals surface area contributed by atoms with Gasteiger partial charge >= 0.3 is 6.09 Å². The fourth-order valence-electron chi connectivity index (χ4n) is 1.14. The first kappa shape index (κ1) is 7.69. The minimum Gasteiger partial charge on any atom is -0.462 e. The Morgan fingerprint density at radius 3 is 2.69 bits per heavy atom. The number of anilines is 2. The van der Waals surface area contributed by atoms with Crippen LogP contribution in [0.4, 0.5) is 16.2 Å². The van der Waals surface area contributed by atoms with Gasteiger partial charge in [0.1, 0.15) is 5.69 Å². The second-order valence-electron chi connectivity index (χ2n) is 2.51. The summed E-state index contributed by atoms with van der Waals surface area (Å²) in [4.78, 5) is 10.5. The third kappa shape index (κ3) is 1.04. The summed E-state index contributed by atoms with van der Waals surface area (Å²) in [5.41, 5.74) is 3.45. The SMILES string of the molecule is O=C(O)N1Nc2ccccc2N1O. The van der Waals surface area contributed by atoms with Gasteiger partial charge in [-0.1, -0.05) is 17.3 Å². The van der Waals surface area contributed by atoms with Crippen molar-refractivity contribution in [2.24, 2.45) is 0 Å². The molecule has 2 rings (SSSR count). The lowest BCUT2D eigenvalue weighted by molar-refractivity contribution is 0.0843. The van der Waals surface area contributed by atoms with Crippen molar-refractivity contribution in [2.45, 2.75) is 0 Å². The largest absolute Gasteiger partial charge is 0.462 e. The molecule has 0 saturated carbocycles. The number of hydrazine groups is 2. The van der Waals surface area contributed by atoms with Crippen LogP contribution in [-0.2, 0) is 0 Å². The number of hydrogen-bond donors (Lipinski definition) is 3. The number of carbonyl (C=O) groups is 1. The third-order valence-electron chi connectivity index (χ3n) is 1.72. The van der Waals surface area contributed by atoms with Gasteiger partial charge in [0.05, 0.1) is 5.69 Å². The summed E-state index contributed by atoms with van der Waals surface area (Å²) in [5, 5.41) is 19.1. The molecule has 0 aliphatic carbocycles. The minimum absolute atomic E-state index is 0.407. The van der Waals surface area contributed by atoms with E-state index >= 15 is 0 Å². The van der Waals surface area contributed by atoms with Crippen LogP contribution in [0.5, 0.6) is 0 Å². The monoisotopic (exact) mass is 181 g/mol. The van der Waals surface area contributed by atoms with Crippen LogP contribution in [0.15, 0.2) is 24.3 Å². The zero-order chi connectivity index (χ0) is 9.42. The molecule has 0 unspecified atom stereocenters. The molecule has 1 aromatic rings. The molecule has 0 spiro atoms. The van der Waals surface area contributed by atoms with Gasteiger partial charge < -0.3 is 5.11 Å². The number of carboxylic acid groups (broad SMARTS) is 1. The first-order chi connectivity index (χ1) is 6.20. The van der Waals surface area contributed by atoms with Gasteiger partial charge in [-0.15, -0.1) is 5.17 Å². The molecular weight excluding hydrogens is 174 g/mol. The van der Waals surface area contributed by atoms with Crippen LogP contribution in [0.1, 0.15) is 0 Å². The molecule has 1 amide bonds. The van der Waals surface area contributed by atoms with Gasteiger partial charge in [0, 0.05) is 0 Å². The molecule has 3 N–H and O–H groups in total. The molecule has 1 aromatic carbocycles. The molecule has 0 fully saturated rings. The first-order valence-electron chi connectivity index (χ1n) is 3.58. The Bertz CT molecular complexity index is 355. The van der Waals surface area contributed by atoms with Crippen molar-refractivity contribution in [3.05, 3.63) is 24.3 Å². The highest BCUT2D eigenvalue weighted by Gasteiger charge is 2.29. The van der Waals surface area contributed by atoms with Gasteiger partial charge in [0.15, 0.2) is 0 Å². The molecule has 0 atom stereocenters. The van der Waals surface area contributed by atoms with Crippen molar-refractivity contribution in [1.29, 1.82) is 0 Å². The lowest BCUT2D eigenvalue weighted by atomic mass is 10.3. The number of nitrogens with one attached hydrogen (secondary N) is 1. The molecule has 1 aliphatic rings. The van der Waals surface area contributed by atoms with Gasteiger partial charge in [-0.3, -0.25) is 10.6 Å². The van der Waals surface area contributed by atoms with E-state index in [0.29, 0.717) is 21.7 Å². The molecule has 0 aromatic heterocycles. The average Bonchev–Trinajstić information content (AvgIpc) is 2.45. The maximum atomic E-state index is 10.5. The van der Waals surface area contributed by atoms with E-state index in [2.05, 4.69) is 5.43 Å². The minimum atomic E-state index is -1.28. The summed E-state index contributed by atoms with van der Waals surface area (Å²) in [6.07, 6.45) is -1.28. The van der Waals surface area contributed by atoms with Crippen LogP contribution >= 0.6 is 0 Å². The maximum absolute atomic E-state index is 10.5. The second-order valence-corrected chi connectivity index (χ2v) is 2.51. The Balaban J connectivity index is 2.38. The zero-order valence-electron chi connectivity index (χ0n) is 6.51. The summed E-state index contributed by atoms with van der Waals surface area (Å²) < 4.78 is 0. The summed E-state index contributed by atoms with van der Waals surface area (Å²) in [5.74, 6) is 0. The predicted molar refractivity (Wildman–Crippen MR) is 44.2 cm³/mol. The quantitative estimate of drug-likeness (QED) is 0.559. The smallest absolute Gasteiger partial charge is 0.448 e. The molecule has 0 radical (unpaired) electrons. The van der Waals surface area contributed by atoms with E-state index in [9.17, 15) is 10.0 Å². The number of nitrogens with zero attached hydrogens (tertiary/aromatic N) is 2. The highest BCUT2D eigenvalue weighted by atomic mass is 16.6. The molecule has 0 bridgehead atoms. The zero-order valence-corrected chi connectivity index (χ0v) is 6.51. The van der Waals surface area contributed by atoms with Crippen LogP contribution in [0, 0.1) is 0 Å². The van der Waals surface area contributed by atoms with E-state index in [-0.39, 0.29) is 0 Å². The van der Waals surface area contributed by atoms with Crippen molar-refractivity contribution < 1.29 is 15.1 Å². The Kier molecular flexibility index (Phi) is 1.49. The molecular formula is C7H7N3O3. The van der Waals surface area contributed by atoms with E-state index in [4.69, 9.17) is 5.11 Å². The van der Waals surface area contributed by atoms with E-state index in [1.165, 1.54) is 0 Å². The summed E-state index contributed by atoms with van der Waals surface area (Å²) >= 11 is 0. The molecule has 68 valence electrons. The van der Waals surface area contributed by atoms with Gasteiger partial charge in [0.2, 0.25) is 0 Å². The number of hydrogen-bond acceptors (Lipinski definition) is 4. The molecule has 13 heavy (non-hydrogen) atoms. The highest BCUT2D eigenvalue weighted by Crippen LogP contribution is 2.31. The fourth-order valence-corrected chi connectivity index (χ4v) is 1.14. The van der Waals surface area contributed by atoms with Crippen molar-refractivity contribution in [2.75, 3.05) is 10.6 Å². The first-order valence-corrected chi connectivity index (χ1v) is 3.58. The number of amides is 1. The van der Waals surface area contributed by atoms with Gasteiger partial charge in [-0.2, -0.15) is 0 Å². The van der Waals surface area contributed by atoms with E-state index < -0.39 is 6.09 Å². The Labute approximate surface area is 73.5 Å². The Morgan fingerprint density at radius 1 is 1.38 bits per heavy atom. The molecule has 6 nitrogen and oxygen atoms in total. The van der Waals surface area contributed by atoms with Crippen molar-refractivity contribution in [1.82, 2.24) is 5.12 Å². The van der Waals surface area contributed by atoms with Crippen molar-refractivity contribution in [3.63, 3.8) is 0 Å². The van der Waals surface area contributed by atoms with Gasteiger partial charge in [0.25, 0.3) is 0 Å². The van der Waals surface area contributed by atoms with Crippen LogP contribution in [-0.4, -0.2) is 21.5 Å². The predicted octanol–water partition coefficient (Wildman–Crippen LogP) is 1.12. The molecule has 1 aliphatic heterocycles. The van der Waals surface area contributed by atoms with Crippen LogP contribution in [0.2, 0.25) is 0 Å². The van der Waals surface area contributed by atoms with Crippen LogP contribution < -0.4 is 10.6 Å². The lowest BCUT2D eigenvalue weighted by Gasteiger charge is -2.18. The van der Waals surface area contributed by atoms with E-state index in [1.807, 2.05) is 0 Å². The second kappa shape index (κ2) is 2.53. The number of para-hydroxylation sites is 2. The maximum Gasteiger partial charge on any atom is 0.448 e. The molecule has 1 heterocycles. The Morgan fingerprint density at radius 2 is 2.08 bits per heavy atom. The fraction of sp³-hybridized carbons (Fsp3) is 0. The average molecular weight is 181 g/mol. The van der Waals surface area contributed by atoms with E-state index in [0.717, 1.165) is 0 Å². The van der Waals surface area contributed by atoms with E-state index in [1.54, 1.807) is 24.3 Å². The van der Waals surface area contributed by atoms with Crippen molar-refractivity contribution >= 4 is 17.5 Å². The normalized spacial score (nSPS) is 13.9. The van der Waals surface area contributed by atoms with Gasteiger partial charge in [-0.05, 0) is 12.1 Å². The molecule has 0 saturated heterocycles. The van der Waals surface area contributed by atoms with Gasteiger partial charge in [-0.25, -0.2) is 4.79 Å². The Hall–Kier alpha value is -1.95. The van der Waals surface area contributed by atoms with Crippen molar-refractivity contribution in [3.8, 4) is 0 Å². The highest BCUT2D eigenvalue weighted by molar-refractivity contribution is 5.80. The lowest BCUT2D eigenvalue weighted by Crippen LogP contribution is -2.43. The third-order valence-corrected chi connectivity index (χ3v) is 1.72.